The third-order valence-corrected chi connectivity index (χ3v) is 8.41. The van der Waals surface area contributed by atoms with Gasteiger partial charge in [0.15, 0.2) is 9.84 Å². The summed E-state index contributed by atoms with van der Waals surface area (Å²) in [6.07, 6.45) is 0.900. The van der Waals surface area contributed by atoms with Crippen molar-refractivity contribution in [3.8, 4) is 0 Å². The second-order valence-electron chi connectivity index (χ2n) is 7.69. The number of nitro benzene ring substituents is 1. The quantitative estimate of drug-likeness (QED) is 0.469. The maximum absolute atomic E-state index is 13.0. The molecule has 1 saturated heterocycles. The third kappa shape index (κ3) is 4.81. The molecule has 172 valence electrons. The van der Waals surface area contributed by atoms with Crippen LogP contribution in [0.1, 0.15) is 21.5 Å². The standard InChI is InChI=1S/C20H23N3O7S2/c1-14-4-5-18(10-15(14)2)32(29,30)22-8-6-21(7-9-22)20(24)16-11-17(23(25)26)13-19(12-16)31(3,27)28/h4-5,10-13H,6-9H2,1-3H3. The van der Waals surface area contributed by atoms with Gasteiger partial charge in [-0.3, -0.25) is 14.9 Å². The second-order valence-corrected chi connectivity index (χ2v) is 11.6. The first-order valence-electron chi connectivity index (χ1n) is 9.67. The number of non-ortho nitro benzene ring substituents is 1. The second kappa shape index (κ2) is 8.60. The van der Waals surface area contributed by atoms with Crippen LogP contribution in [0.4, 0.5) is 5.69 Å². The number of hydrogen-bond acceptors (Lipinski definition) is 7. The lowest BCUT2D eigenvalue weighted by molar-refractivity contribution is -0.385. The van der Waals surface area contributed by atoms with Crippen LogP contribution in [0.5, 0.6) is 0 Å². The fourth-order valence-electron chi connectivity index (χ4n) is 3.36. The first kappa shape index (κ1) is 23.8. The van der Waals surface area contributed by atoms with E-state index in [2.05, 4.69) is 0 Å². The van der Waals surface area contributed by atoms with Crippen LogP contribution >= 0.6 is 0 Å². The average molecular weight is 482 g/mol. The molecule has 1 fully saturated rings. The largest absolute Gasteiger partial charge is 0.336 e. The molecule has 0 saturated carbocycles. The number of nitrogens with zero attached hydrogens (tertiary/aromatic N) is 3. The minimum Gasteiger partial charge on any atom is -0.336 e. The van der Waals surface area contributed by atoms with Crippen molar-refractivity contribution in [3.05, 3.63) is 63.2 Å². The Morgan fingerprint density at radius 1 is 0.906 bits per heavy atom. The smallest absolute Gasteiger partial charge is 0.271 e. The number of carbonyl (C=O) groups is 1. The van der Waals surface area contributed by atoms with E-state index in [0.717, 1.165) is 35.6 Å². The van der Waals surface area contributed by atoms with Gasteiger partial charge in [-0.15, -0.1) is 0 Å². The Hall–Kier alpha value is -2.83. The third-order valence-electron chi connectivity index (χ3n) is 5.42. The molecule has 0 aromatic heterocycles. The molecule has 32 heavy (non-hydrogen) atoms. The number of rotatable bonds is 5. The molecule has 1 aliphatic heterocycles. The predicted molar refractivity (Wildman–Crippen MR) is 117 cm³/mol. The number of hydrogen-bond donors (Lipinski definition) is 0. The van der Waals surface area contributed by atoms with Crippen molar-refractivity contribution >= 4 is 31.5 Å². The van der Waals surface area contributed by atoms with Gasteiger partial charge in [0.2, 0.25) is 10.0 Å². The van der Waals surface area contributed by atoms with Crippen molar-refractivity contribution in [3.63, 3.8) is 0 Å². The van der Waals surface area contributed by atoms with E-state index in [4.69, 9.17) is 0 Å². The molecule has 2 aromatic carbocycles. The van der Waals surface area contributed by atoms with Gasteiger partial charge in [0.05, 0.1) is 14.7 Å². The summed E-state index contributed by atoms with van der Waals surface area (Å²) < 4.78 is 50.9. The Kier molecular flexibility index (Phi) is 6.40. The Bertz CT molecular complexity index is 1300. The van der Waals surface area contributed by atoms with Gasteiger partial charge in [0, 0.05) is 50.1 Å². The van der Waals surface area contributed by atoms with Gasteiger partial charge in [0.25, 0.3) is 11.6 Å². The van der Waals surface area contributed by atoms with Crippen LogP contribution in [0, 0.1) is 24.0 Å². The number of aryl methyl sites for hydroxylation is 2. The van der Waals surface area contributed by atoms with Crippen molar-refractivity contribution in [2.45, 2.75) is 23.6 Å². The molecular weight excluding hydrogens is 458 g/mol. The van der Waals surface area contributed by atoms with Crippen LogP contribution in [-0.2, 0) is 19.9 Å². The highest BCUT2D eigenvalue weighted by atomic mass is 32.2. The molecule has 0 unspecified atom stereocenters. The summed E-state index contributed by atoms with van der Waals surface area (Å²) in [4.78, 5) is 24.5. The molecule has 0 spiro atoms. The number of piperazine rings is 1. The van der Waals surface area contributed by atoms with Crippen molar-refractivity contribution in [2.75, 3.05) is 32.4 Å². The summed E-state index contributed by atoms with van der Waals surface area (Å²) in [5.41, 5.74) is 1.19. The van der Waals surface area contributed by atoms with Gasteiger partial charge in [-0.05, 0) is 43.2 Å². The highest BCUT2D eigenvalue weighted by Crippen LogP contribution is 2.24. The summed E-state index contributed by atoms with van der Waals surface area (Å²) in [7, 11) is -7.51. The minimum absolute atomic E-state index is 0.0505. The van der Waals surface area contributed by atoms with E-state index in [-0.39, 0.29) is 41.5 Å². The van der Waals surface area contributed by atoms with Crippen LogP contribution in [-0.4, -0.2) is 69.3 Å². The van der Waals surface area contributed by atoms with Crippen LogP contribution in [0.2, 0.25) is 0 Å². The number of sulfone groups is 1. The van der Waals surface area contributed by atoms with E-state index in [1.54, 1.807) is 18.2 Å². The van der Waals surface area contributed by atoms with Crippen LogP contribution in [0.3, 0.4) is 0 Å². The number of sulfonamides is 1. The van der Waals surface area contributed by atoms with Crippen LogP contribution in [0.15, 0.2) is 46.2 Å². The molecule has 0 radical (unpaired) electrons. The monoisotopic (exact) mass is 481 g/mol. The summed E-state index contributed by atoms with van der Waals surface area (Å²) in [6, 6.07) is 7.92. The Morgan fingerprint density at radius 3 is 2.06 bits per heavy atom. The van der Waals surface area contributed by atoms with Crippen LogP contribution < -0.4 is 0 Å². The van der Waals surface area contributed by atoms with Gasteiger partial charge in [-0.1, -0.05) is 6.07 Å². The highest BCUT2D eigenvalue weighted by Gasteiger charge is 2.31. The zero-order valence-corrected chi connectivity index (χ0v) is 19.4. The van der Waals surface area contributed by atoms with E-state index in [9.17, 15) is 31.7 Å². The lowest BCUT2D eigenvalue weighted by Crippen LogP contribution is -2.50. The molecule has 0 aliphatic carbocycles. The zero-order chi connectivity index (χ0) is 23.8. The predicted octanol–water partition coefficient (Wildman–Crippen LogP) is 1.76. The Labute approximate surface area is 186 Å². The van der Waals surface area contributed by atoms with E-state index < -0.39 is 36.4 Å². The van der Waals surface area contributed by atoms with Crippen molar-refractivity contribution in [1.29, 1.82) is 0 Å². The summed E-state index contributed by atoms with van der Waals surface area (Å²) >= 11 is 0. The first-order chi connectivity index (χ1) is 14.8. The zero-order valence-electron chi connectivity index (χ0n) is 17.8. The molecule has 1 amide bonds. The lowest BCUT2D eigenvalue weighted by atomic mass is 10.1. The molecule has 3 rings (SSSR count). The fraction of sp³-hybridized carbons (Fsp3) is 0.350. The molecule has 1 aliphatic rings. The SMILES string of the molecule is Cc1ccc(S(=O)(=O)N2CCN(C(=O)c3cc([N+](=O)[O-])cc(S(C)(=O)=O)c3)CC2)cc1C. The van der Waals surface area contributed by atoms with Crippen LogP contribution in [0.25, 0.3) is 0 Å². The molecule has 0 bridgehead atoms. The van der Waals surface area contributed by atoms with Gasteiger partial charge in [-0.25, -0.2) is 16.8 Å². The average Bonchev–Trinajstić information content (AvgIpc) is 2.74. The lowest BCUT2D eigenvalue weighted by Gasteiger charge is -2.34. The Morgan fingerprint density at radius 2 is 1.53 bits per heavy atom. The molecule has 12 heteroatoms. The van der Waals surface area contributed by atoms with Gasteiger partial charge < -0.3 is 4.90 Å². The topological polar surface area (TPSA) is 135 Å². The molecule has 1 heterocycles. The molecule has 0 atom stereocenters. The summed E-state index contributed by atoms with van der Waals surface area (Å²) in [6.45, 7) is 3.96. The maximum atomic E-state index is 13.0. The van der Waals surface area contributed by atoms with E-state index in [0.29, 0.717) is 0 Å². The summed E-state index contributed by atoms with van der Waals surface area (Å²) in [5.74, 6) is -0.596. The minimum atomic E-state index is -3.77. The van der Waals surface area contributed by atoms with Gasteiger partial charge >= 0.3 is 0 Å². The molecule has 2 aromatic rings. The van der Waals surface area contributed by atoms with E-state index in [1.807, 2.05) is 13.8 Å². The normalized spacial score (nSPS) is 15.5. The van der Waals surface area contributed by atoms with Crippen molar-refractivity contribution < 1.29 is 26.6 Å². The number of carbonyl (C=O) groups excluding carboxylic acids is 1. The van der Waals surface area contributed by atoms with Gasteiger partial charge in [-0.2, -0.15) is 4.31 Å². The molecule has 0 N–H and O–H groups in total. The first-order valence-corrected chi connectivity index (χ1v) is 13.0. The Balaban J connectivity index is 1.80. The fourth-order valence-corrected chi connectivity index (χ4v) is 5.55. The molecule has 10 nitrogen and oxygen atoms in total. The maximum Gasteiger partial charge on any atom is 0.271 e. The molecular formula is C20H23N3O7S2. The van der Waals surface area contributed by atoms with Crippen molar-refractivity contribution in [2.24, 2.45) is 0 Å². The van der Waals surface area contributed by atoms with Gasteiger partial charge in [0.1, 0.15) is 0 Å². The van der Waals surface area contributed by atoms with E-state index >= 15 is 0 Å². The number of benzene rings is 2. The number of nitro groups is 1. The van der Waals surface area contributed by atoms with Crippen molar-refractivity contribution in [1.82, 2.24) is 9.21 Å². The highest BCUT2D eigenvalue weighted by molar-refractivity contribution is 7.90. The number of amides is 1. The summed E-state index contributed by atoms with van der Waals surface area (Å²) in [5, 5.41) is 11.2. The van der Waals surface area contributed by atoms with E-state index in [1.165, 1.54) is 9.21 Å².